The van der Waals surface area contributed by atoms with Crippen LogP contribution >= 0.6 is 11.3 Å². The fourth-order valence-electron chi connectivity index (χ4n) is 2.47. The van der Waals surface area contributed by atoms with E-state index in [-0.39, 0.29) is 6.04 Å². The van der Waals surface area contributed by atoms with E-state index < -0.39 is 0 Å². The molecule has 4 heteroatoms. The summed E-state index contributed by atoms with van der Waals surface area (Å²) in [6.45, 7) is 3.06. The van der Waals surface area contributed by atoms with E-state index in [0.717, 1.165) is 27.5 Å². The summed E-state index contributed by atoms with van der Waals surface area (Å²) in [6.07, 6.45) is 0. The standard InChI is InChI=1S/C20H21NO2S/c1-2-22-18-13-16(20(21)19-9-6-12-24-19)10-11-17(18)23-14-15-7-4-3-5-8-15/h3-13,20H,2,14,21H2,1H3/t20-/m1/s1. The molecule has 1 aromatic heterocycles. The molecule has 0 aliphatic heterocycles. The van der Waals surface area contributed by atoms with Crippen LogP contribution in [0.25, 0.3) is 0 Å². The lowest BCUT2D eigenvalue weighted by Gasteiger charge is -2.16. The number of benzene rings is 2. The van der Waals surface area contributed by atoms with E-state index >= 15 is 0 Å². The largest absolute Gasteiger partial charge is 0.490 e. The van der Waals surface area contributed by atoms with E-state index in [2.05, 4.69) is 6.07 Å². The third kappa shape index (κ3) is 3.96. The Morgan fingerprint density at radius 3 is 2.50 bits per heavy atom. The topological polar surface area (TPSA) is 44.5 Å². The first kappa shape index (κ1) is 16.6. The van der Waals surface area contributed by atoms with Gasteiger partial charge in [-0.15, -0.1) is 11.3 Å². The van der Waals surface area contributed by atoms with Crippen LogP contribution in [0.4, 0.5) is 0 Å². The van der Waals surface area contributed by atoms with Crippen LogP contribution in [0.1, 0.15) is 29.0 Å². The van der Waals surface area contributed by atoms with Gasteiger partial charge in [0.15, 0.2) is 11.5 Å². The number of thiophene rings is 1. The normalized spacial score (nSPS) is 11.9. The smallest absolute Gasteiger partial charge is 0.161 e. The lowest BCUT2D eigenvalue weighted by Crippen LogP contribution is -2.10. The molecule has 24 heavy (non-hydrogen) atoms. The fourth-order valence-corrected chi connectivity index (χ4v) is 3.23. The van der Waals surface area contributed by atoms with Crippen LogP contribution in [-0.2, 0) is 6.61 Å². The first-order valence-electron chi connectivity index (χ1n) is 8.00. The first-order chi connectivity index (χ1) is 11.8. The van der Waals surface area contributed by atoms with Gasteiger partial charge < -0.3 is 15.2 Å². The molecule has 124 valence electrons. The molecule has 1 atom stereocenters. The number of rotatable bonds is 7. The average Bonchev–Trinajstić information content (AvgIpc) is 3.16. The van der Waals surface area contributed by atoms with Gasteiger partial charge in [-0.3, -0.25) is 0 Å². The van der Waals surface area contributed by atoms with Crippen molar-refractivity contribution in [1.82, 2.24) is 0 Å². The van der Waals surface area contributed by atoms with Crippen molar-refractivity contribution >= 4 is 11.3 Å². The molecule has 0 saturated heterocycles. The lowest BCUT2D eigenvalue weighted by molar-refractivity contribution is 0.269. The van der Waals surface area contributed by atoms with E-state index in [4.69, 9.17) is 15.2 Å². The Hall–Kier alpha value is -2.30. The first-order valence-corrected chi connectivity index (χ1v) is 8.88. The summed E-state index contributed by atoms with van der Waals surface area (Å²) in [5, 5.41) is 2.04. The van der Waals surface area contributed by atoms with Crippen molar-refractivity contribution < 1.29 is 9.47 Å². The minimum Gasteiger partial charge on any atom is -0.490 e. The fraction of sp³-hybridized carbons (Fsp3) is 0.200. The molecule has 0 aliphatic rings. The van der Waals surface area contributed by atoms with Gasteiger partial charge in [-0.2, -0.15) is 0 Å². The van der Waals surface area contributed by atoms with Crippen LogP contribution in [-0.4, -0.2) is 6.61 Å². The van der Waals surface area contributed by atoms with E-state index in [0.29, 0.717) is 13.2 Å². The van der Waals surface area contributed by atoms with Gasteiger partial charge in [0.2, 0.25) is 0 Å². The highest BCUT2D eigenvalue weighted by Gasteiger charge is 2.14. The van der Waals surface area contributed by atoms with E-state index in [1.54, 1.807) is 11.3 Å². The predicted octanol–water partition coefficient (Wildman–Crippen LogP) is 4.77. The highest BCUT2D eigenvalue weighted by molar-refractivity contribution is 7.10. The summed E-state index contributed by atoms with van der Waals surface area (Å²) in [7, 11) is 0. The van der Waals surface area contributed by atoms with Gasteiger partial charge in [0, 0.05) is 4.88 Å². The zero-order valence-corrected chi connectivity index (χ0v) is 14.5. The van der Waals surface area contributed by atoms with Gasteiger partial charge in [-0.25, -0.2) is 0 Å². The quantitative estimate of drug-likeness (QED) is 0.674. The molecule has 3 aromatic rings. The van der Waals surface area contributed by atoms with Gasteiger partial charge in [-0.1, -0.05) is 42.5 Å². The summed E-state index contributed by atoms with van der Waals surface area (Å²) >= 11 is 1.66. The van der Waals surface area contributed by atoms with Crippen molar-refractivity contribution in [3.05, 3.63) is 82.0 Å². The number of ether oxygens (including phenoxy) is 2. The summed E-state index contributed by atoms with van der Waals surface area (Å²) in [5.74, 6) is 1.47. The van der Waals surface area contributed by atoms with Crippen LogP contribution in [0.15, 0.2) is 66.0 Å². The molecule has 0 radical (unpaired) electrons. The molecule has 3 rings (SSSR count). The maximum absolute atomic E-state index is 6.35. The van der Waals surface area contributed by atoms with Crippen LogP contribution < -0.4 is 15.2 Å². The second-order valence-electron chi connectivity index (χ2n) is 5.41. The Bertz CT molecular complexity index is 757. The van der Waals surface area contributed by atoms with Crippen molar-refractivity contribution in [3.63, 3.8) is 0 Å². The van der Waals surface area contributed by atoms with Crippen LogP contribution in [0.2, 0.25) is 0 Å². The maximum atomic E-state index is 6.35. The third-order valence-electron chi connectivity index (χ3n) is 3.71. The molecular weight excluding hydrogens is 318 g/mol. The summed E-state index contributed by atoms with van der Waals surface area (Å²) in [5.41, 5.74) is 8.50. The predicted molar refractivity (Wildman–Crippen MR) is 98.7 cm³/mol. The molecule has 0 saturated carbocycles. The zero-order valence-electron chi connectivity index (χ0n) is 13.6. The van der Waals surface area contributed by atoms with Gasteiger partial charge in [0.25, 0.3) is 0 Å². The minimum absolute atomic E-state index is 0.146. The van der Waals surface area contributed by atoms with Crippen molar-refractivity contribution in [2.45, 2.75) is 19.6 Å². The molecule has 0 aliphatic carbocycles. The second-order valence-corrected chi connectivity index (χ2v) is 6.39. The molecule has 0 spiro atoms. The Labute approximate surface area is 146 Å². The highest BCUT2D eigenvalue weighted by Crippen LogP contribution is 2.33. The molecule has 2 aromatic carbocycles. The van der Waals surface area contributed by atoms with Crippen LogP contribution in [0.5, 0.6) is 11.5 Å². The molecule has 1 heterocycles. The number of hydrogen-bond acceptors (Lipinski definition) is 4. The van der Waals surface area contributed by atoms with Crippen molar-refractivity contribution in [1.29, 1.82) is 0 Å². The SMILES string of the molecule is CCOc1cc([C@@H](N)c2cccs2)ccc1OCc1ccccc1. The molecular formula is C20H21NO2S. The third-order valence-corrected chi connectivity index (χ3v) is 4.67. The van der Waals surface area contributed by atoms with E-state index in [9.17, 15) is 0 Å². The Balaban J connectivity index is 1.79. The molecule has 0 amide bonds. The highest BCUT2D eigenvalue weighted by atomic mass is 32.1. The number of hydrogen-bond donors (Lipinski definition) is 1. The van der Waals surface area contributed by atoms with Gasteiger partial charge >= 0.3 is 0 Å². The van der Waals surface area contributed by atoms with Gasteiger partial charge in [0.05, 0.1) is 12.6 Å². The molecule has 0 bridgehead atoms. The zero-order chi connectivity index (χ0) is 16.8. The van der Waals surface area contributed by atoms with Crippen molar-refractivity contribution in [3.8, 4) is 11.5 Å². The Morgan fingerprint density at radius 2 is 1.79 bits per heavy atom. The van der Waals surface area contributed by atoms with Crippen molar-refractivity contribution in [2.75, 3.05) is 6.61 Å². The summed E-state index contributed by atoms with van der Waals surface area (Å²) in [6, 6.07) is 19.9. The molecule has 0 unspecified atom stereocenters. The second kappa shape index (κ2) is 7.99. The maximum Gasteiger partial charge on any atom is 0.161 e. The van der Waals surface area contributed by atoms with Crippen LogP contribution in [0, 0.1) is 0 Å². The van der Waals surface area contributed by atoms with Gasteiger partial charge in [0.1, 0.15) is 6.61 Å². The van der Waals surface area contributed by atoms with Gasteiger partial charge in [-0.05, 0) is 41.6 Å². The lowest BCUT2D eigenvalue weighted by atomic mass is 10.1. The summed E-state index contributed by atoms with van der Waals surface area (Å²) in [4.78, 5) is 1.13. The Kier molecular flexibility index (Phi) is 5.51. The monoisotopic (exact) mass is 339 g/mol. The molecule has 3 nitrogen and oxygen atoms in total. The Morgan fingerprint density at radius 1 is 0.958 bits per heavy atom. The average molecular weight is 339 g/mol. The molecule has 0 fully saturated rings. The minimum atomic E-state index is -0.146. The van der Waals surface area contributed by atoms with Crippen LogP contribution in [0.3, 0.4) is 0 Å². The summed E-state index contributed by atoms with van der Waals surface area (Å²) < 4.78 is 11.7. The van der Waals surface area contributed by atoms with Crippen molar-refractivity contribution in [2.24, 2.45) is 5.73 Å². The van der Waals surface area contributed by atoms with E-state index in [1.165, 1.54) is 0 Å². The molecule has 2 N–H and O–H groups in total. The van der Waals surface area contributed by atoms with E-state index in [1.807, 2.05) is 66.9 Å². The number of nitrogens with two attached hydrogens (primary N) is 1.